The monoisotopic (exact) mass is 363 g/mol. The van der Waals surface area contributed by atoms with E-state index in [1.165, 1.54) is 0 Å². The fourth-order valence-electron chi connectivity index (χ4n) is 3.42. The quantitative estimate of drug-likeness (QED) is 0.706. The molecule has 2 aliphatic heterocycles. The number of carbonyl (C=O) groups is 3. The Labute approximate surface area is 152 Å². The predicted octanol–water partition coefficient (Wildman–Crippen LogP) is 1.11. The molecular formula is C17H25N5O4. The third kappa shape index (κ3) is 3.57. The van der Waals surface area contributed by atoms with Crippen LogP contribution >= 0.6 is 0 Å². The molecule has 0 saturated carbocycles. The van der Waals surface area contributed by atoms with E-state index in [-0.39, 0.29) is 18.6 Å². The molecule has 2 N–H and O–H groups in total. The summed E-state index contributed by atoms with van der Waals surface area (Å²) in [5.74, 6) is -0.787. The minimum Gasteiger partial charge on any atom is -0.376 e. The molecule has 0 bridgehead atoms. The van der Waals surface area contributed by atoms with Gasteiger partial charge in [-0.3, -0.25) is 19.2 Å². The highest BCUT2D eigenvalue weighted by Gasteiger charge is 2.49. The van der Waals surface area contributed by atoms with E-state index in [0.29, 0.717) is 25.1 Å². The Morgan fingerprint density at radius 1 is 1.42 bits per heavy atom. The topological polar surface area (TPSA) is 106 Å². The molecule has 9 heteroatoms. The van der Waals surface area contributed by atoms with Crippen molar-refractivity contribution in [3.8, 4) is 0 Å². The maximum atomic E-state index is 12.5. The van der Waals surface area contributed by atoms with Gasteiger partial charge in [0.2, 0.25) is 5.91 Å². The average molecular weight is 363 g/mol. The molecule has 1 unspecified atom stereocenters. The lowest BCUT2D eigenvalue weighted by Gasteiger charge is -2.22. The SMILES string of the molecule is CCC1(CC)NC(=O)N(CC(=O)Nc2cnn(CC3CCCO3)c2)C1=O. The van der Waals surface area contributed by atoms with Gasteiger partial charge in [0.05, 0.1) is 24.5 Å². The Bertz CT molecular complexity index is 691. The van der Waals surface area contributed by atoms with Crippen LogP contribution in [0.1, 0.15) is 39.5 Å². The number of rotatable bonds is 7. The molecule has 2 saturated heterocycles. The van der Waals surface area contributed by atoms with Crippen molar-refractivity contribution in [3.63, 3.8) is 0 Å². The molecule has 142 valence electrons. The van der Waals surface area contributed by atoms with Crippen LogP contribution in [0.25, 0.3) is 0 Å². The Kier molecular flexibility index (Phi) is 5.26. The summed E-state index contributed by atoms with van der Waals surface area (Å²) in [5, 5.41) is 9.60. The fourth-order valence-corrected chi connectivity index (χ4v) is 3.42. The lowest BCUT2D eigenvalue weighted by Crippen LogP contribution is -2.46. The second kappa shape index (κ2) is 7.45. The van der Waals surface area contributed by atoms with E-state index in [1.807, 2.05) is 13.8 Å². The van der Waals surface area contributed by atoms with E-state index >= 15 is 0 Å². The van der Waals surface area contributed by atoms with Gasteiger partial charge in [-0.1, -0.05) is 13.8 Å². The summed E-state index contributed by atoms with van der Waals surface area (Å²) in [6.45, 7) is 4.78. The second-order valence-corrected chi connectivity index (χ2v) is 6.74. The van der Waals surface area contributed by atoms with Gasteiger partial charge in [0.25, 0.3) is 5.91 Å². The van der Waals surface area contributed by atoms with Gasteiger partial charge in [-0.05, 0) is 25.7 Å². The summed E-state index contributed by atoms with van der Waals surface area (Å²) < 4.78 is 7.28. The first-order valence-electron chi connectivity index (χ1n) is 9.05. The number of imide groups is 1. The van der Waals surface area contributed by atoms with Crippen molar-refractivity contribution < 1.29 is 19.1 Å². The van der Waals surface area contributed by atoms with Gasteiger partial charge in [0, 0.05) is 12.8 Å². The minimum atomic E-state index is -0.899. The highest BCUT2D eigenvalue weighted by Crippen LogP contribution is 2.24. The number of ether oxygens (including phenoxy) is 1. The highest BCUT2D eigenvalue weighted by molar-refractivity contribution is 6.10. The first-order chi connectivity index (χ1) is 12.5. The summed E-state index contributed by atoms with van der Waals surface area (Å²) in [6.07, 6.45) is 6.45. The lowest BCUT2D eigenvalue weighted by atomic mass is 9.93. The van der Waals surface area contributed by atoms with E-state index in [4.69, 9.17) is 4.74 Å². The summed E-state index contributed by atoms with van der Waals surface area (Å²) >= 11 is 0. The van der Waals surface area contributed by atoms with Crippen LogP contribution in [0.15, 0.2) is 12.4 Å². The zero-order chi connectivity index (χ0) is 18.7. The Morgan fingerprint density at radius 3 is 2.81 bits per heavy atom. The maximum absolute atomic E-state index is 12.5. The number of hydrogen-bond acceptors (Lipinski definition) is 5. The third-order valence-electron chi connectivity index (χ3n) is 5.09. The van der Waals surface area contributed by atoms with Crippen molar-refractivity contribution in [2.45, 2.75) is 57.7 Å². The molecule has 3 heterocycles. The van der Waals surface area contributed by atoms with E-state index in [0.717, 1.165) is 24.3 Å². The molecule has 4 amide bonds. The average Bonchev–Trinajstić information content (AvgIpc) is 3.33. The molecule has 26 heavy (non-hydrogen) atoms. The van der Waals surface area contributed by atoms with Gasteiger partial charge in [-0.15, -0.1) is 0 Å². The van der Waals surface area contributed by atoms with Crippen molar-refractivity contribution in [1.82, 2.24) is 20.0 Å². The van der Waals surface area contributed by atoms with Crippen LogP contribution in [-0.4, -0.2) is 57.3 Å². The fraction of sp³-hybridized carbons (Fsp3) is 0.647. The van der Waals surface area contributed by atoms with Crippen LogP contribution in [-0.2, 0) is 20.9 Å². The summed E-state index contributed by atoms with van der Waals surface area (Å²) in [6, 6.07) is -0.525. The van der Waals surface area contributed by atoms with Gasteiger partial charge in [0.15, 0.2) is 0 Å². The molecule has 1 aromatic heterocycles. The first kappa shape index (κ1) is 18.4. The standard InChI is InChI=1S/C17H25N5O4/c1-3-17(4-2)15(24)22(16(25)20-17)11-14(23)19-12-8-18-21(9-12)10-13-6-5-7-26-13/h8-9,13H,3-7,10-11H2,1-2H3,(H,19,23)(H,20,25). The van der Waals surface area contributed by atoms with Crippen molar-refractivity contribution in [3.05, 3.63) is 12.4 Å². The maximum Gasteiger partial charge on any atom is 0.325 e. The molecule has 0 spiro atoms. The van der Waals surface area contributed by atoms with Gasteiger partial charge in [0.1, 0.15) is 12.1 Å². The third-order valence-corrected chi connectivity index (χ3v) is 5.09. The second-order valence-electron chi connectivity index (χ2n) is 6.74. The molecule has 2 aliphatic rings. The molecule has 0 aromatic carbocycles. The van der Waals surface area contributed by atoms with Gasteiger partial charge >= 0.3 is 6.03 Å². The van der Waals surface area contributed by atoms with Gasteiger partial charge < -0.3 is 15.4 Å². The molecule has 1 aromatic rings. The largest absolute Gasteiger partial charge is 0.376 e. The summed E-state index contributed by atoms with van der Waals surface area (Å²) in [4.78, 5) is 37.8. The molecule has 2 fully saturated rings. The van der Waals surface area contributed by atoms with Crippen LogP contribution in [0.5, 0.6) is 0 Å². The number of carbonyl (C=O) groups excluding carboxylic acids is 3. The molecular weight excluding hydrogens is 338 g/mol. The van der Waals surface area contributed by atoms with Gasteiger partial charge in [-0.25, -0.2) is 4.79 Å². The van der Waals surface area contributed by atoms with Gasteiger partial charge in [-0.2, -0.15) is 5.10 Å². The smallest absolute Gasteiger partial charge is 0.325 e. The van der Waals surface area contributed by atoms with E-state index in [2.05, 4.69) is 15.7 Å². The van der Waals surface area contributed by atoms with Crippen LogP contribution in [0.3, 0.4) is 0 Å². The zero-order valence-corrected chi connectivity index (χ0v) is 15.2. The highest BCUT2D eigenvalue weighted by atomic mass is 16.5. The molecule has 0 aliphatic carbocycles. The molecule has 0 radical (unpaired) electrons. The van der Waals surface area contributed by atoms with Crippen molar-refractivity contribution in [2.24, 2.45) is 0 Å². The first-order valence-corrected chi connectivity index (χ1v) is 9.05. The van der Waals surface area contributed by atoms with Crippen molar-refractivity contribution in [1.29, 1.82) is 0 Å². The van der Waals surface area contributed by atoms with E-state index in [1.54, 1.807) is 17.1 Å². The summed E-state index contributed by atoms with van der Waals surface area (Å²) in [5.41, 5.74) is -0.374. The van der Waals surface area contributed by atoms with E-state index < -0.39 is 17.5 Å². The normalized spacial score (nSPS) is 21.9. The molecule has 1 atom stereocenters. The van der Waals surface area contributed by atoms with Crippen LogP contribution < -0.4 is 10.6 Å². The number of urea groups is 1. The molecule has 3 rings (SSSR count). The number of amides is 4. The Balaban J connectivity index is 1.56. The van der Waals surface area contributed by atoms with Crippen LogP contribution in [0, 0.1) is 0 Å². The zero-order valence-electron chi connectivity index (χ0n) is 15.2. The number of nitrogens with one attached hydrogen (secondary N) is 2. The van der Waals surface area contributed by atoms with Crippen molar-refractivity contribution in [2.75, 3.05) is 18.5 Å². The number of anilines is 1. The summed E-state index contributed by atoms with van der Waals surface area (Å²) in [7, 11) is 0. The predicted molar refractivity (Wildman–Crippen MR) is 93.4 cm³/mol. The Morgan fingerprint density at radius 2 is 2.19 bits per heavy atom. The minimum absolute atomic E-state index is 0.153. The van der Waals surface area contributed by atoms with Crippen LogP contribution in [0.2, 0.25) is 0 Å². The lowest BCUT2D eigenvalue weighted by molar-refractivity contribution is -0.134. The number of aromatic nitrogens is 2. The number of nitrogens with zero attached hydrogens (tertiary/aromatic N) is 3. The molecule has 9 nitrogen and oxygen atoms in total. The Hall–Kier alpha value is -2.42. The number of hydrogen-bond donors (Lipinski definition) is 2. The van der Waals surface area contributed by atoms with Crippen LogP contribution in [0.4, 0.5) is 10.5 Å². The van der Waals surface area contributed by atoms with E-state index in [9.17, 15) is 14.4 Å². The van der Waals surface area contributed by atoms with Crippen molar-refractivity contribution >= 4 is 23.5 Å².